The molecule has 0 amide bonds. The molecule has 172 valence electrons. The molecule has 1 aliphatic carbocycles. The van der Waals surface area contributed by atoms with E-state index >= 15 is 0 Å². The van der Waals surface area contributed by atoms with Gasteiger partial charge >= 0.3 is 11.7 Å². The number of rotatable bonds is 8. The molecule has 0 aliphatic heterocycles. The van der Waals surface area contributed by atoms with Crippen LogP contribution < -0.4 is 5.69 Å². The van der Waals surface area contributed by atoms with Crippen molar-refractivity contribution in [3.05, 3.63) is 70.9 Å². The average molecular weight is 451 g/mol. The molecular formula is C25H26FN3O4. The SMILES string of the molecule is O=C(O)COC[C@H]1CC[C@@H](Cn2nc(-c3ccc(F)cc3)c(-c3ccccc3)nc2=O)CC1. The first-order valence-electron chi connectivity index (χ1n) is 11.1. The number of nitrogens with zero attached hydrogens (tertiary/aromatic N) is 3. The van der Waals surface area contributed by atoms with E-state index in [1.54, 1.807) is 12.1 Å². The Balaban J connectivity index is 1.54. The Morgan fingerprint density at radius 1 is 0.970 bits per heavy atom. The van der Waals surface area contributed by atoms with Gasteiger partial charge in [-0.25, -0.2) is 18.7 Å². The fraction of sp³-hybridized carbons (Fsp3) is 0.360. The molecule has 0 radical (unpaired) electrons. The molecule has 1 N–H and O–H groups in total. The summed E-state index contributed by atoms with van der Waals surface area (Å²) in [5, 5.41) is 13.4. The molecule has 1 aliphatic rings. The van der Waals surface area contributed by atoms with Crippen molar-refractivity contribution in [2.45, 2.75) is 32.2 Å². The smallest absolute Gasteiger partial charge is 0.364 e. The molecule has 2 aromatic carbocycles. The summed E-state index contributed by atoms with van der Waals surface area (Å²) in [6, 6.07) is 15.4. The van der Waals surface area contributed by atoms with E-state index in [0.717, 1.165) is 31.2 Å². The van der Waals surface area contributed by atoms with Gasteiger partial charge in [-0.1, -0.05) is 30.3 Å². The fourth-order valence-electron chi connectivity index (χ4n) is 4.27. The van der Waals surface area contributed by atoms with Gasteiger partial charge in [0.2, 0.25) is 0 Å². The van der Waals surface area contributed by atoms with Gasteiger partial charge in [0.1, 0.15) is 23.8 Å². The van der Waals surface area contributed by atoms with E-state index in [9.17, 15) is 14.0 Å². The highest BCUT2D eigenvalue weighted by Gasteiger charge is 2.23. The van der Waals surface area contributed by atoms with E-state index in [1.807, 2.05) is 30.3 Å². The minimum atomic E-state index is -0.961. The first kappa shape index (κ1) is 22.8. The van der Waals surface area contributed by atoms with Crippen molar-refractivity contribution in [3.8, 4) is 22.5 Å². The van der Waals surface area contributed by atoms with Crippen LogP contribution in [-0.2, 0) is 16.1 Å². The molecule has 1 saturated carbocycles. The van der Waals surface area contributed by atoms with Crippen molar-refractivity contribution in [1.29, 1.82) is 0 Å². The van der Waals surface area contributed by atoms with Gasteiger partial charge < -0.3 is 9.84 Å². The van der Waals surface area contributed by atoms with Gasteiger partial charge in [0.05, 0.1) is 6.61 Å². The van der Waals surface area contributed by atoms with Gasteiger partial charge in [-0.2, -0.15) is 10.1 Å². The van der Waals surface area contributed by atoms with Crippen LogP contribution in [0.25, 0.3) is 22.5 Å². The van der Waals surface area contributed by atoms with E-state index in [4.69, 9.17) is 9.84 Å². The molecule has 0 saturated heterocycles. The number of halogens is 1. The highest BCUT2D eigenvalue weighted by Crippen LogP contribution is 2.31. The van der Waals surface area contributed by atoms with Crippen LogP contribution in [0.4, 0.5) is 4.39 Å². The number of ether oxygens (including phenoxy) is 1. The molecular weight excluding hydrogens is 425 g/mol. The first-order chi connectivity index (χ1) is 16.0. The molecule has 0 unspecified atom stereocenters. The molecule has 8 heteroatoms. The Bertz CT molecular complexity index is 1140. The minimum Gasteiger partial charge on any atom is -0.480 e. The molecule has 1 heterocycles. The summed E-state index contributed by atoms with van der Waals surface area (Å²) in [7, 11) is 0. The van der Waals surface area contributed by atoms with Crippen LogP contribution in [0.15, 0.2) is 59.4 Å². The summed E-state index contributed by atoms with van der Waals surface area (Å²) in [5.41, 5.74) is 2.07. The molecule has 0 spiro atoms. The summed E-state index contributed by atoms with van der Waals surface area (Å²) in [4.78, 5) is 27.8. The van der Waals surface area contributed by atoms with Crippen LogP contribution in [0.3, 0.4) is 0 Å². The molecule has 33 heavy (non-hydrogen) atoms. The summed E-state index contributed by atoms with van der Waals surface area (Å²) in [5.74, 6) is -0.696. The van der Waals surface area contributed by atoms with Crippen molar-refractivity contribution in [2.24, 2.45) is 11.8 Å². The zero-order valence-corrected chi connectivity index (χ0v) is 18.2. The highest BCUT2D eigenvalue weighted by molar-refractivity contribution is 5.77. The van der Waals surface area contributed by atoms with Gasteiger partial charge in [0.15, 0.2) is 0 Å². The molecule has 7 nitrogen and oxygen atoms in total. The molecule has 1 aromatic heterocycles. The molecule has 0 atom stereocenters. The zero-order valence-electron chi connectivity index (χ0n) is 18.2. The fourth-order valence-corrected chi connectivity index (χ4v) is 4.27. The third-order valence-corrected chi connectivity index (χ3v) is 6.01. The van der Waals surface area contributed by atoms with E-state index in [-0.39, 0.29) is 18.3 Å². The summed E-state index contributed by atoms with van der Waals surface area (Å²) in [6.07, 6.45) is 3.64. The highest BCUT2D eigenvalue weighted by atomic mass is 19.1. The number of carboxylic acids is 1. The van der Waals surface area contributed by atoms with Crippen LogP contribution in [-0.4, -0.2) is 39.1 Å². The van der Waals surface area contributed by atoms with Crippen LogP contribution in [0, 0.1) is 17.7 Å². The second kappa shape index (κ2) is 10.5. The maximum Gasteiger partial charge on any atom is 0.364 e. The van der Waals surface area contributed by atoms with E-state index in [0.29, 0.717) is 36.0 Å². The van der Waals surface area contributed by atoms with Crippen LogP contribution in [0.5, 0.6) is 0 Å². The average Bonchev–Trinajstić information content (AvgIpc) is 2.82. The van der Waals surface area contributed by atoms with Gasteiger partial charge in [-0.3, -0.25) is 0 Å². The maximum absolute atomic E-state index is 13.5. The Morgan fingerprint density at radius 2 is 1.61 bits per heavy atom. The van der Waals surface area contributed by atoms with Gasteiger partial charge in [-0.05, 0) is 61.8 Å². The van der Waals surface area contributed by atoms with Crippen molar-refractivity contribution < 1.29 is 19.0 Å². The summed E-state index contributed by atoms with van der Waals surface area (Å²) < 4.78 is 20.1. The second-order valence-electron chi connectivity index (χ2n) is 8.44. The van der Waals surface area contributed by atoms with Gasteiger partial charge in [0, 0.05) is 17.7 Å². The number of aliphatic carboxylic acids is 1. The predicted octanol–water partition coefficient (Wildman–Crippen LogP) is 4.02. The third-order valence-electron chi connectivity index (χ3n) is 6.01. The Morgan fingerprint density at radius 3 is 2.27 bits per heavy atom. The quantitative estimate of drug-likeness (QED) is 0.556. The molecule has 4 rings (SSSR count). The Kier molecular flexibility index (Phi) is 7.24. The van der Waals surface area contributed by atoms with Gasteiger partial charge in [0.25, 0.3) is 0 Å². The van der Waals surface area contributed by atoms with E-state index in [1.165, 1.54) is 16.8 Å². The minimum absolute atomic E-state index is 0.273. The molecule has 1 fully saturated rings. The summed E-state index contributed by atoms with van der Waals surface area (Å²) >= 11 is 0. The number of hydrogen-bond acceptors (Lipinski definition) is 5. The number of aromatic nitrogens is 3. The lowest BCUT2D eigenvalue weighted by Gasteiger charge is -2.28. The number of carboxylic acid groups (broad SMARTS) is 1. The van der Waals surface area contributed by atoms with Crippen LogP contribution in [0.1, 0.15) is 25.7 Å². The predicted molar refractivity (Wildman–Crippen MR) is 121 cm³/mol. The Labute approximate surface area is 190 Å². The number of hydrogen-bond donors (Lipinski definition) is 1. The first-order valence-corrected chi connectivity index (χ1v) is 11.1. The van der Waals surface area contributed by atoms with Crippen molar-refractivity contribution in [1.82, 2.24) is 14.8 Å². The Hall–Kier alpha value is -3.39. The lowest BCUT2D eigenvalue weighted by atomic mass is 9.82. The standard InChI is InChI=1S/C25H26FN3O4/c26-21-12-10-20(11-13-21)24-23(19-4-2-1-3-5-19)27-25(32)29(28-24)14-17-6-8-18(9-7-17)15-33-16-22(30)31/h1-5,10-13,17-18H,6-9,14-16H2,(H,30,31)/t17-,18+. The van der Waals surface area contributed by atoms with E-state index in [2.05, 4.69) is 10.1 Å². The molecule has 0 bridgehead atoms. The van der Waals surface area contributed by atoms with Gasteiger partial charge in [-0.15, -0.1) is 0 Å². The second-order valence-corrected chi connectivity index (χ2v) is 8.44. The summed E-state index contributed by atoms with van der Waals surface area (Å²) in [6.45, 7) is 0.627. The van der Waals surface area contributed by atoms with Crippen LogP contribution >= 0.6 is 0 Å². The van der Waals surface area contributed by atoms with Crippen LogP contribution in [0.2, 0.25) is 0 Å². The van der Waals surface area contributed by atoms with Crippen molar-refractivity contribution >= 4 is 5.97 Å². The lowest BCUT2D eigenvalue weighted by Crippen LogP contribution is -2.31. The van der Waals surface area contributed by atoms with Crippen molar-refractivity contribution in [2.75, 3.05) is 13.2 Å². The third kappa shape index (κ3) is 5.90. The van der Waals surface area contributed by atoms with E-state index < -0.39 is 11.7 Å². The largest absolute Gasteiger partial charge is 0.480 e. The monoisotopic (exact) mass is 451 g/mol. The maximum atomic E-state index is 13.5. The normalized spacial score (nSPS) is 18.2. The molecule has 3 aromatic rings. The number of carbonyl (C=O) groups is 1. The van der Waals surface area contributed by atoms with Crippen molar-refractivity contribution in [3.63, 3.8) is 0 Å². The number of benzene rings is 2. The zero-order chi connectivity index (χ0) is 23.2. The topological polar surface area (TPSA) is 94.3 Å². The lowest BCUT2D eigenvalue weighted by molar-refractivity contribution is -0.142.